The van der Waals surface area contributed by atoms with Gasteiger partial charge in [0.25, 0.3) is 0 Å². The minimum atomic E-state index is -1.78. The van der Waals surface area contributed by atoms with Gasteiger partial charge in [-0.05, 0) is 17.7 Å². The van der Waals surface area contributed by atoms with E-state index in [9.17, 15) is 4.39 Å². The lowest BCUT2D eigenvalue weighted by atomic mass is 10.1. The first-order chi connectivity index (χ1) is 5.72. The summed E-state index contributed by atoms with van der Waals surface area (Å²) < 4.78 is 17.0. The minimum absolute atomic E-state index is 0.0317. The van der Waals surface area contributed by atoms with Crippen LogP contribution in [0.25, 0.3) is 0 Å². The summed E-state index contributed by atoms with van der Waals surface area (Å²) in [7, 11) is 1.57. The highest BCUT2D eigenvalue weighted by Gasteiger charge is 2.01. The van der Waals surface area contributed by atoms with Crippen molar-refractivity contribution in [3.63, 3.8) is 0 Å². The quantitative estimate of drug-likeness (QED) is 0.745. The summed E-state index contributed by atoms with van der Waals surface area (Å²) >= 11 is 0. The maximum absolute atomic E-state index is 12.1. The molecule has 0 saturated carbocycles. The number of ether oxygens (including phenoxy) is 1. The maximum atomic E-state index is 12.1. The van der Waals surface area contributed by atoms with E-state index in [-0.39, 0.29) is 6.42 Å². The number of alkyl halides is 1. The standard InChI is InChI=1S/C9H11FO2/c1-12-8-4-2-7(3-5-8)6-9(10)11/h2-5,9,11H,6H2,1H3/t9-/m1/s1. The Bertz CT molecular complexity index is 231. The van der Waals surface area contributed by atoms with E-state index in [1.165, 1.54) is 0 Å². The monoisotopic (exact) mass is 170 g/mol. The average molecular weight is 170 g/mol. The van der Waals surface area contributed by atoms with E-state index in [4.69, 9.17) is 9.84 Å². The molecule has 1 atom stereocenters. The van der Waals surface area contributed by atoms with Crippen molar-refractivity contribution < 1.29 is 14.2 Å². The molecule has 0 amide bonds. The van der Waals surface area contributed by atoms with Crippen LogP contribution in [0.2, 0.25) is 0 Å². The van der Waals surface area contributed by atoms with Crippen molar-refractivity contribution in [3.05, 3.63) is 29.8 Å². The van der Waals surface area contributed by atoms with Crippen LogP contribution >= 0.6 is 0 Å². The van der Waals surface area contributed by atoms with Crippen LogP contribution in [0.4, 0.5) is 4.39 Å². The molecule has 0 bridgehead atoms. The second-order valence-electron chi connectivity index (χ2n) is 2.49. The highest BCUT2D eigenvalue weighted by Crippen LogP contribution is 2.12. The lowest BCUT2D eigenvalue weighted by molar-refractivity contribution is 0.0430. The molecule has 0 fully saturated rings. The van der Waals surface area contributed by atoms with Crippen molar-refractivity contribution >= 4 is 0 Å². The SMILES string of the molecule is COc1ccc(C[C@@H](O)F)cc1. The molecule has 1 rings (SSSR count). The largest absolute Gasteiger partial charge is 0.497 e. The van der Waals surface area contributed by atoms with Gasteiger partial charge in [-0.15, -0.1) is 0 Å². The number of halogens is 1. The fourth-order valence-corrected chi connectivity index (χ4v) is 0.956. The molecule has 0 aliphatic heterocycles. The summed E-state index contributed by atoms with van der Waals surface area (Å²) in [5.74, 6) is 0.729. The Hall–Kier alpha value is -1.09. The van der Waals surface area contributed by atoms with Crippen LogP contribution in [0, 0.1) is 0 Å². The van der Waals surface area contributed by atoms with Crippen LogP contribution in [0.3, 0.4) is 0 Å². The molecule has 66 valence electrons. The van der Waals surface area contributed by atoms with E-state index in [1.54, 1.807) is 31.4 Å². The van der Waals surface area contributed by atoms with Crippen LogP contribution < -0.4 is 4.74 Å². The van der Waals surface area contributed by atoms with Crippen molar-refractivity contribution in [2.75, 3.05) is 7.11 Å². The topological polar surface area (TPSA) is 29.5 Å². The second-order valence-corrected chi connectivity index (χ2v) is 2.49. The molecule has 0 spiro atoms. The number of benzene rings is 1. The van der Waals surface area contributed by atoms with Gasteiger partial charge < -0.3 is 9.84 Å². The summed E-state index contributed by atoms with van der Waals surface area (Å²) in [6, 6.07) is 6.92. The van der Waals surface area contributed by atoms with Gasteiger partial charge in [-0.3, -0.25) is 0 Å². The number of hydrogen-bond acceptors (Lipinski definition) is 2. The second kappa shape index (κ2) is 4.07. The van der Waals surface area contributed by atoms with E-state index in [1.807, 2.05) is 0 Å². The normalized spacial score (nSPS) is 12.6. The zero-order valence-electron chi connectivity index (χ0n) is 6.83. The summed E-state index contributed by atoms with van der Waals surface area (Å²) in [4.78, 5) is 0. The van der Waals surface area contributed by atoms with E-state index in [2.05, 4.69) is 0 Å². The Kier molecular flexibility index (Phi) is 3.05. The van der Waals surface area contributed by atoms with Crippen molar-refractivity contribution in [2.45, 2.75) is 12.8 Å². The molecule has 3 heteroatoms. The third-order valence-corrected chi connectivity index (χ3v) is 1.56. The van der Waals surface area contributed by atoms with Crippen molar-refractivity contribution in [3.8, 4) is 5.75 Å². The molecule has 0 saturated heterocycles. The van der Waals surface area contributed by atoms with Gasteiger partial charge in [-0.1, -0.05) is 12.1 Å². The van der Waals surface area contributed by atoms with Gasteiger partial charge in [0.2, 0.25) is 0 Å². The number of rotatable bonds is 3. The Morgan fingerprint density at radius 1 is 1.42 bits per heavy atom. The molecule has 0 aliphatic rings. The van der Waals surface area contributed by atoms with Crippen LogP contribution in [-0.4, -0.2) is 18.6 Å². The molecule has 0 aliphatic carbocycles. The van der Waals surface area contributed by atoms with Gasteiger partial charge >= 0.3 is 0 Å². The first-order valence-electron chi connectivity index (χ1n) is 3.67. The van der Waals surface area contributed by atoms with E-state index >= 15 is 0 Å². The van der Waals surface area contributed by atoms with Gasteiger partial charge in [0.1, 0.15) is 5.75 Å². The summed E-state index contributed by atoms with van der Waals surface area (Å²) in [6.07, 6.45) is -1.75. The first kappa shape index (κ1) is 9.00. The highest BCUT2D eigenvalue weighted by atomic mass is 19.1. The predicted molar refractivity (Wildman–Crippen MR) is 43.8 cm³/mol. The number of methoxy groups -OCH3 is 1. The lowest BCUT2D eigenvalue weighted by Crippen LogP contribution is -2.01. The smallest absolute Gasteiger partial charge is 0.200 e. The highest BCUT2D eigenvalue weighted by molar-refractivity contribution is 5.27. The van der Waals surface area contributed by atoms with Crippen LogP contribution in [0.15, 0.2) is 24.3 Å². The molecule has 1 N–H and O–H groups in total. The summed E-state index contributed by atoms with van der Waals surface area (Å²) in [5.41, 5.74) is 0.755. The summed E-state index contributed by atoms with van der Waals surface area (Å²) in [5, 5.41) is 8.43. The zero-order chi connectivity index (χ0) is 8.97. The number of aliphatic hydroxyl groups excluding tert-OH is 1. The average Bonchev–Trinajstić information content (AvgIpc) is 2.05. The Balaban J connectivity index is 2.65. The van der Waals surface area contributed by atoms with Crippen LogP contribution in [0.5, 0.6) is 5.75 Å². The molecule has 0 heterocycles. The third-order valence-electron chi connectivity index (χ3n) is 1.56. The van der Waals surface area contributed by atoms with Crippen LogP contribution in [0.1, 0.15) is 5.56 Å². The Morgan fingerprint density at radius 3 is 2.42 bits per heavy atom. The summed E-state index contributed by atoms with van der Waals surface area (Å²) in [6.45, 7) is 0. The molecular weight excluding hydrogens is 159 g/mol. The molecule has 2 nitrogen and oxygen atoms in total. The molecule has 0 unspecified atom stereocenters. The minimum Gasteiger partial charge on any atom is -0.497 e. The van der Waals surface area contributed by atoms with Crippen LogP contribution in [-0.2, 0) is 6.42 Å². The van der Waals surface area contributed by atoms with Gasteiger partial charge in [0.15, 0.2) is 6.36 Å². The fourth-order valence-electron chi connectivity index (χ4n) is 0.956. The van der Waals surface area contributed by atoms with E-state index in [0.29, 0.717) is 0 Å². The third kappa shape index (κ3) is 2.51. The fraction of sp³-hybridized carbons (Fsp3) is 0.333. The van der Waals surface area contributed by atoms with E-state index in [0.717, 1.165) is 11.3 Å². The zero-order valence-corrected chi connectivity index (χ0v) is 6.83. The van der Waals surface area contributed by atoms with Gasteiger partial charge in [0.05, 0.1) is 7.11 Å². The maximum Gasteiger partial charge on any atom is 0.200 e. The first-order valence-corrected chi connectivity index (χ1v) is 3.67. The molecule has 1 aromatic carbocycles. The Labute approximate surface area is 70.6 Å². The molecule has 1 aromatic rings. The molecule has 0 aromatic heterocycles. The lowest BCUT2D eigenvalue weighted by Gasteiger charge is -2.02. The molecular formula is C9H11FO2. The van der Waals surface area contributed by atoms with Gasteiger partial charge in [-0.2, -0.15) is 0 Å². The van der Waals surface area contributed by atoms with Gasteiger partial charge in [0, 0.05) is 6.42 Å². The Morgan fingerprint density at radius 2 is 2.00 bits per heavy atom. The van der Waals surface area contributed by atoms with Crippen molar-refractivity contribution in [1.29, 1.82) is 0 Å². The van der Waals surface area contributed by atoms with E-state index < -0.39 is 6.36 Å². The van der Waals surface area contributed by atoms with Crippen molar-refractivity contribution in [1.82, 2.24) is 0 Å². The molecule has 12 heavy (non-hydrogen) atoms. The predicted octanol–water partition coefficient (Wildman–Crippen LogP) is 1.53. The number of hydrogen-bond donors (Lipinski definition) is 1. The van der Waals surface area contributed by atoms with Crippen molar-refractivity contribution in [2.24, 2.45) is 0 Å². The number of aliphatic hydroxyl groups is 1. The molecule has 0 radical (unpaired) electrons. The van der Waals surface area contributed by atoms with Gasteiger partial charge in [-0.25, -0.2) is 4.39 Å².